The van der Waals surface area contributed by atoms with Crippen LogP contribution in [0.4, 0.5) is 0 Å². The van der Waals surface area contributed by atoms with Gasteiger partial charge < -0.3 is 15.0 Å². The Kier molecular flexibility index (Phi) is 6.45. The number of ether oxygens (including phenoxy) is 1. The number of guanidine groups is 1. The second-order valence-corrected chi connectivity index (χ2v) is 6.98. The summed E-state index contributed by atoms with van der Waals surface area (Å²) in [4.78, 5) is 32.6. The molecule has 2 aliphatic rings. The van der Waals surface area contributed by atoms with Crippen molar-refractivity contribution in [3.05, 3.63) is 35.4 Å². The summed E-state index contributed by atoms with van der Waals surface area (Å²) in [5.41, 5.74) is 0.951. The van der Waals surface area contributed by atoms with Gasteiger partial charge >= 0.3 is 0 Å². The number of fused-ring (bicyclic) bond motifs is 1. The molecule has 1 aliphatic heterocycles. The molecule has 1 fully saturated rings. The van der Waals surface area contributed by atoms with Gasteiger partial charge in [-0.2, -0.15) is 0 Å². The Morgan fingerprint density at radius 3 is 2.52 bits per heavy atom. The van der Waals surface area contributed by atoms with Gasteiger partial charge in [-0.05, 0) is 37.8 Å². The molecule has 27 heavy (non-hydrogen) atoms. The van der Waals surface area contributed by atoms with Crippen molar-refractivity contribution in [2.45, 2.75) is 19.8 Å². The molecule has 0 radical (unpaired) electrons. The normalized spacial score (nSPS) is 16.7. The summed E-state index contributed by atoms with van der Waals surface area (Å²) >= 11 is 0. The molecule has 1 heterocycles. The van der Waals surface area contributed by atoms with Gasteiger partial charge in [0.15, 0.2) is 5.96 Å². The Bertz CT molecular complexity index is 680. The summed E-state index contributed by atoms with van der Waals surface area (Å²) in [6.07, 6.45) is 2.58. The third-order valence-corrected chi connectivity index (χ3v) is 4.78. The molecule has 0 unspecified atom stereocenters. The maximum atomic E-state index is 12.4. The van der Waals surface area contributed by atoms with E-state index in [9.17, 15) is 9.59 Å². The summed E-state index contributed by atoms with van der Waals surface area (Å²) in [5, 5.41) is 3.24. The van der Waals surface area contributed by atoms with Gasteiger partial charge in [-0.3, -0.25) is 19.5 Å². The molecule has 3 rings (SSSR count). The van der Waals surface area contributed by atoms with Crippen molar-refractivity contribution in [1.29, 1.82) is 0 Å². The highest BCUT2D eigenvalue weighted by Crippen LogP contribution is 2.28. The maximum absolute atomic E-state index is 12.4. The van der Waals surface area contributed by atoms with Gasteiger partial charge in [0.2, 0.25) is 0 Å². The van der Waals surface area contributed by atoms with Crippen molar-refractivity contribution in [3.8, 4) is 0 Å². The highest BCUT2D eigenvalue weighted by molar-refractivity contribution is 6.21. The predicted octanol–water partition coefficient (Wildman–Crippen LogP) is 1.61. The number of rotatable bonds is 9. The first-order valence-corrected chi connectivity index (χ1v) is 9.64. The molecule has 1 aromatic carbocycles. The second kappa shape index (κ2) is 8.99. The minimum Gasteiger partial charge on any atom is -0.379 e. The van der Waals surface area contributed by atoms with E-state index in [1.165, 1.54) is 17.7 Å². The summed E-state index contributed by atoms with van der Waals surface area (Å²) < 4.78 is 5.68. The SMILES string of the molecule is CCNC(=NCCN1C(=O)c2ccccc2C1=O)N(C)CCOCC1CC1. The number of benzene rings is 1. The van der Waals surface area contributed by atoms with E-state index in [0.29, 0.717) is 24.3 Å². The smallest absolute Gasteiger partial charge is 0.261 e. The van der Waals surface area contributed by atoms with Crippen molar-refractivity contribution < 1.29 is 14.3 Å². The highest BCUT2D eigenvalue weighted by atomic mass is 16.5. The quantitative estimate of drug-likeness (QED) is 0.309. The lowest BCUT2D eigenvalue weighted by atomic mass is 10.1. The predicted molar refractivity (Wildman–Crippen MR) is 104 cm³/mol. The number of carbonyl (C=O) groups excluding carboxylic acids is 2. The van der Waals surface area contributed by atoms with E-state index in [1.54, 1.807) is 24.3 Å². The van der Waals surface area contributed by atoms with Crippen molar-refractivity contribution in [2.24, 2.45) is 10.9 Å². The highest BCUT2D eigenvalue weighted by Gasteiger charge is 2.34. The van der Waals surface area contributed by atoms with Crippen LogP contribution in [0.5, 0.6) is 0 Å². The van der Waals surface area contributed by atoms with Crippen LogP contribution in [0.2, 0.25) is 0 Å². The molecule has 0 atom stereocenters. The van der Waals surface area contributed by atoms with Gasteiger partial charge in [-0.15, -0.1) is 0 Å². The molecule has 0 saturated heterocycles. The van der Waals surface area contributed by atoms with Gasteiger partial charge in [0, 0.05) is 33.3 Å². The Morgan fingerprint density at radius 1 is 1.26 bits per heavy atom. The lowest BCUT2D eigenvalue weighted by Crippen LogP contribution is -2.41. The summed E-state index contributed by atoms with van der Waals surface area (Å²) in [7, 11) is 1.96. The van der Waals surface area contributed by atoms with E-state index >= 15 is 0 Å². The van der Waals surface area contributed by atoms with Crippen LogP contribution in [0.3, 0.4) is 0 Å². The van der Waals surface area contributed by atoms with Gasteiger partial charge in [-0.1, -0.05) is 12.1 Å². The zero-order valence-corrected chi connectivity index (χ0v) is 16.1. The number of amides is 2. The minimum absolute atomic E-state index is 0.238. The first-order chi connectivity index (χ1) is 13.1. The number of carbonyl (C=O) groups is 2. The molecule has 146 valence electrons. The molecular weight excluding hydrogens is 344 g/mol. The number of imide groups is 1. The first-order valence-electron chi connectivity index (χ1n) is 9.64. The number of hydrogen-bond acceptors (Lipinski definition) is 4. The molecular formula is C20H28N4O3. The summed E-state index contributed by atoms with van der Waals surface area (Å²) in [6, 6.07) is 6.93. The van der Waals surface area contributed by atoms with Crippen molar-refractivity contribution in [3.63, 3.8) is 0 Å². The van der Waals surface area contributed by atoms with E-state index in [2.05, 4.69) is 10.3 Å². The first kappa shape index (κ1) is 19.4. The molecule has 1 N–H and O–H groups in total. The molecule has 0 spiro atoms. The van der Waals surface area contributed by atoms with Crippen LogP contribution in [-0.2, 0) is 4.74 Å². The lowest BCUT2D eigenvalue weighted by molar-refractivity contribution is 0.0659. The van der Waals surface area contributed by atoms with E-state index in [1.807, 2.05) is 18.9 Å². The van der Waals surface area contributed by atoms with Crippen LogP contribution in [-0.4, -0.2) is 74.0 Å². The zero-order valence-electron chi connectivity index (χ0n) is 16.1. The Morgan fingerprint density at radius 2 is 1.93 bits per heavy atom. The van der Waals surface area contributed by atoms with E-state index in [0.717, 1.165) is 31.6 Å². The lowest BCUT2D eigenvalue weighted by Gasteiger charge is -2.22. The number of aliphatic imine (C=N–C) groups is 1. The summed E-state index contributed by atoms with van der Waals surface area (Å²) in [5.74, 6) is 1.04. The summed E-state index contributed by atoms with van der Waals surface area (Å²) in [6.45, 7) is 5.65. The van der Waals surface area contributed by atoms with E-state index in [-0.39, 0.29) is 18.4 Å². The fourth-order valence-electron chi connectivity index (χ4n) is 3.01. The Labute approximate surface area is 160 Å². The van der Waals surface area contributed by atoms with E-state index < -0.39 is 0 Å². The molecule has 2 amide bonds. The number of nitrogens with one attached hydrogen (secondary N) is 1. The fraction of sp³-hybridized carbons (Fsp3) is 0.550. The Hall–Kier alpha value is -2.41. The monoisotopic (exact) mass is 372 g/mol. The molecule has 7 heteroatoms. The van der Waals surface area contributed by atoms with Crippen LogP contribution in [0, 0.1) is 5.92 Å². The molecule has 0 aromatic heterocycles. The van der Waals surface area contributed by atoms with Gasteiger partial charge in [0.1, 0.15) is 0 Å². The molecule has 7 nitrogen and oxygen atoms in total. The van der Waals surface area contributed by atoms with Crippen LogP contribution in [0.25, 0.3) is 0 Å². The third-order valence-electron chi connectivity index (χ3n) is 4.78. The number of likely N-dealkylation sites (N-methyl/N-ethyl adjacent to an activating group) is 1. The standard InChI is InChI=1S/C20H28N4O3/c1-3-21-20(23(2)12-13-27-14-15-8-9-15)22-10-11-24-18(25)16-6-4-5-7-17(16)19(24)26/h4-7,15H,3,8-14H2,1-2H3,(H,21,22). The Balaban J connectivity index is 1.50. The minimum atomic E-state index is -0.238. The van der Waals surface area contributed by atoms with Crippen LogP contribution >= 0.6 is 0 Å². The topological polar surface area (TPSA) is 74.2 Å². The average Bonchev–Trinajstić information content (AvgIpc) is 3.47. The molecule has 0 bridgehead atoms. The van der Waals surface area contributed by atoms with Crippen molar-refractivity contribution in [1.82, 2.24) is 15.1 Å². The van der Waals surface area contributed by atoms with Crippen LogP contribution in [0.15, 0.2) is 29.3 Å². The molecule has 1 saturated carbocycles. The molecule has 1 aromatic rings. The van der Waals surface area contributed by atoms with Crippen LogP contribution < -0.4 is 5.32 Å². The van der Waals surface area contributed by atoms with E-state index in [4.69, 9.17) is 4.74 Å². The fourth-order valence-corrected chi connectivity index (χ4v) is 3.01. The second-order valence-electron chi connectivity index (χ2n) is 6.98. The van der Waals surface area contributed by atoms with Crippen molar-refractivity contribution >= 4 is 17.8 Å². The van der Waals surface area contributed by atoms with Gasteiger partial charge in [0.25, 0.3) is 11.8 Å². The van der Waals surface area contributed by atoms with Crippen LogP contribution in [0.1, 0.15) is 40.5 Å². The number of hydrogen-bond donors (Lipinski definition) is 1. The maximum Gasteiger partial charge on any atom is 0.261 e. The van der Waals surface area contributed by atoms with Gasteiger partial charge in [0.05, 0.1) is 24.3 Å². The average molecular weight is 372 g/mol. The number of nitrogens with zero attached hydrogens (tertiary/aromatic N) is 3. The van der Waals surface area contributed by atoms with Gasteiger partial charge in [-0.25, -0.2) is 0 Å². The molecule has 1 aliphatic carbocycles. The largest absolute Gasteiger partial charge is 0.379 e. The zero-order chi connectivity index (χ0) is 19.2. The van der Waals surface area contributed by atoms with Crippen molar-refractivity contribution in [2.75, 3.05) is 46.4 Å². The third kappa shape index (κ3) is 4.86.